The van der Waals surface area contributed by atoms with Gasteiger partial charge in [-0.05, 0) is 37.5 Å². The van der Waals surface area contributed by atoms with Crippen LogP contribution in [0.15, 0.2) is 23.3 Å². The average Bonchev–Trinajstić information content (AvgIpc) is 2.79. The van der Waals surface area contributed by atoms with Crippen molar-refractivity contribution in [3.8, 4) is 11.5 Å². The molecule has 3 rings (SSSR count). The van der Waals surface area contributed by atoms with Crippen LogP contribution < -0.4 is 9.47 Å². The molecule has 2 unspecified atom stereocenters. The molecule has 27 heavy (non-hydrogen) atoms. The first-order chi connectivity index (χ1) is 12.7. The lowest BCUT2D eigenvalue weighted by Crippen LogP contribution is -2.61. The van der Waals surface area contributed by atoms with E-state index in [1.165, 1.54) is 32.4 Å². The predicted molar refractivity (Wildman–Crippen MR) is 90.7 cm³/mol. The molecule has 1 amide bonds. The Morgan fingerprint density at radius 2 is 1.93 bits per heavy atom. The molecule has 0 saturated heterocycles. The third-order valence-electron chi connectivity index (χ3n) is 5.11. The Bertz CT molecular complexity index is 765. The zero-order valence-corrected chi connectivity index (χ0v) is 15.0. The normalized spacial score (nSPS) is 25.5. The van der Waals surface area contributed by atoms with Crippen molar-refractivity contribution in [1.82, 2.24) is 5.01 Å². The Kier molecular flexibility index (Phi) is 5.07. The molecule has 1 aliphatic heterocycles. The fourth-order valence-electron chi connectivity index (χ4n) is 3.69. The molecule has 1 saturated carbocycles. The maximum atomic E-state index is 13.9. The van der Waals surface area contributed by atoms with Crippen LogP contribution in [0, 0.1) is 5.92 Å². The van der Waals surface area contributed by atoms with Gasteiger partial charge in [-0.3, -0.25) is 4.79 Å². The van der Waals surface area contributed by atoms with Gasteiger partial charge in [0.05, 0.1) is 20.1 Å². The van der Waals surface area contributed by atoms with Crippen molar-refractivity contribution in [2.24, 2.45) is 11.0 Å². The fraction of sp³-hybridized carbons (Fsp3) is 0.556. The number of carbonyl (C=O) groups excluding carboxylic acids is 1. The van der Waals surface area contributed by atoms with Gasteiger partial charge in [0.1, 0.15) is 0 Å². The van der Waals surface area contributed by atoms with Gasteiger partial charge in [0.2, 0.25) is 0 Å². The number of amides is 1. The molecule has 0 spiro atoms. The van der Waals surface area contributed by atoms with E-state index in [-0.39, 0.29) is 28.5 Å². The third-order valence-corrected chi connectivity index (χ3v) is 5.11. The van der Waals surface area contributed by atoms with Crippen LogP contribution in [0.25, 0.3) is 0 Å². The highest BCUT2D eigenvalue weighted by Gasteiger charge is 2.68. The van der Waals surface area contributed by atoms with Crippen LogP contribution in [-0.2, 0) is 0 Å². The van der Waals surface area contributed by atoms with Gasteiger partial charge in [0.15, 0.2) is 11.5 Å². The number of hydrogen-bond donors (Lipinski definition) is 1. The monoisotopic (exact) mass is 386 g/mol. The van der Waals surface area contributed by atoms with Gasteiger partial charge < -0.3 is 14.6 Å². The molecule has 1 aromatic rings. The van der Waals surface area contributed by atoms with Crippen molar-refractivity contribution in [2.75, 3.05) is 14.2 Å². The number of hydrazone groups is 1. The van der Waals surface area contributed by atoms with Crippen molar-refractivity contribution in [1.29, 1.82) is 0 Å². The first-order valence-corrected chi connectivity index (χ1v) is 8.67. The second kappa shape index (κ2) is 7.03. The van der Waals surface area contributed by atoms with Gasteiger partial charge in [-0.25, -0.2) is 0 Å². The van der Waals surface area contributed by atoms with Gasteiger partial charge in [-0.2, -0.15) is 23.3 Å². The highest BCUT2D eigenvalue weighted by Crippen LogP contribution is 2.48. The highest BCUT2D eigenvalue weighted by molar-refractivity contribution is 5.99. The van der Waals surface area contributed by atoms with E-state index >= 15 is 0 Å². The SMILES string of the molecule is COc1ccc(C(=O)N2N=C3CCCCCC3C2(O)C(F)(F)F)cc1OC. The Balaban J connectivity index is 2.04. The van der Waals surface area contributed by atoms with Gasteiger partial charge >= 0.3 is 6.18 Å². The van der Waals surface area contributed by atoms with Crippen molar-refractivity contribution in [2.45, 2.75) is 44.0 Å². The number of carbonyl (C=O) groups is 1. The van der Waals surface area contributed by atoms with Crippen LogP contribution in [0.5, 0.6) is 11.5 Å². The van der Waals surface area contributed by atoms with Gasteiger partial charge in [0.25, 0.3) is 11.6 Å². The van der Waals surface area contributed by atoms with Crippen molar-refractivity contribution >= 4 is 11.6 Å². The van der Waals surface area contributed by atoms with Crippen LogP contribution in [-0.4, -0.2) is 47.9 Å². The summed E-state index contributed by atoms with van der Waals surface area (Å²) in [5.74, 6) is -1.77. The standard InChI is InChI=1S/C18H21F3N2O4/c1-26-14-9-8-11(10-15(14)27-2)16(24)23-17(25,18(19,20)21)12-6-4-3-5-7-13(12)22-23/h8-10,12,25H,3-7H2,1-2H3. The summed E-state index contributed by atoms with van der Waals surface area (Å²) in [7, 11) is 2.76. The molecule has 1 aromatic carbocycles. The molecule has 0 aromatic heterocycles. The smallest absolute Gasteiger partial charge is 0.439 e. The van der Waals surface area contributed by atoms with E-state index in [1.54, 1.807) is 0 Å². The van der Waals surface area contributed by atoms with E-state index in [1.807, 2.05) is 0 Å². The van der Waals surface area contributed by atoms with Crippen LogP contribution in [0.4, 0.5) is 13.2 Å². The van der Waals surface area contributed by atoms with Crippen LogP contribution in [0.1, 0.15) is 42.5 Å². The Morgan fingerprint density at radius 3 is 2.56 bits per heavy atom. The third kappa shape index (κ3) is 3.13. The number of hydrogen-bond acceptors (Lipinski definition) is 5. The second-order valence-corrected chi connectivity index (χ2v) is 6.65. The number of fused-ring (bicyclic) bond motifs is 1. The molecule has 9 heteroatoms. The Morgan fingerprint density at radius 1 is 1.22 bits per heavy atom. The second-order valence-electron chi connectivity index (χ2n) is 6.65. The summed E-state index contributed by atoms with van der Waals surface area (Å²) < 4.78 is 51.8. The summed E-state index contributed by atoms with van der Waals surface area (Å²) >= 11 is 0. The molecule has 0 radical (unpaired) electrons. The molecule has 0 bridgehead atoms. The van der Waals surface area contributed by atoms with E-state index < -0.39 is 23.7 Å². The number of benzene rings is 1. The number of alkyl halides is 3. The lowest BCUT2D eigenvalue weighted by molar-refractivity contribution is -0.312. The zero-order chi connectivity index (χ0) is 19.8. The van der Waals surface area contributed by atoms with E-state index in [0.717, 1.165) is 6.42 Å². The van der Waals surface area contributed by atoms with Crippen LogP contribution >= 0.6 is 0 Å². The molecule has 1 heterocycles. The molecule has 2 atom stereocenters. The van der Waals surface area contributed by atoms with Crippen LogP contribution in [0.2, 0.25) is 0 Å². The summed E-state index contributed by atoms with van der Waals surface area (Å²) in [6, 6.07) is 4.00. The summed E-state index contributed by atoms with van der Waals surface area (Å²) in [6.45, 7) is 0. The summed E-state index contributed by atoms with van der Waals surface area (Å²) in [5.41, 5.74) is -3.21. The lowest BCUT2D eigenvalue weighted by Gasteiger charge is -2.37. The number of ether oxygens (including phenoxy) is 2. The first-order valence-electron chi connectivity index (χ1n) is 8.67. The maximum Gasteiger partial charge on any atom is 0.439 e. The van der Waals surface area contributed by atoms with Crippen molar-refractivity contribution in [3.05, 3.63) is 23.8 Å². The largest absolute Gasteiger partial charge is 0.493 e. The van der Waals surface area contributed by atoms with E-state index in [2.05, 4.69) is 5.10 Å². The van der Waals surface area contributed by atoms with Gasteiger partial charge in [-0.1, -0.05) is 12.8 Å². The lowest BCUT2D eigenvalue weighted by atomic mass is 9.87. The Labute approximate surface area is 154 Å². The van der Waals surface area contributed by atoms with Crippen LogP contribution in [0.3, 0.4) is 0 Å². The average molecular weight is 386 g/mol. The van der Waals surface area contributed by atoms with Gasteiger partial charge in [0, 0.05) is 11.3 Å². The molecule has 2 aliphatic rings. The molecule has 1 aliphatic carbocycles. The molecule has 1 fully saturated rings. The van der Waals surface area contributed by atoms with Gasteiger partial charge in [-0.15, -0.1) is 0 Å². The number of rotatable bonds is 3. The summed E-state index contributed by atoms with van der Waals surface area (Å²) in [6.07, 6.45) is -2.59. The minimum absolute atomic E-state index is 0.0869. The van der Waals surface area contributed by atoms with E-state index in [9.17, 15) is 23.1 Å². The first kappa shape index (κ1) is 19.5. The molecule has 6 nitrogen and oxygen atoms in total. The number of methoxy groups -OCH3 is 2. The molecule has 148 valence electrons. The highest BCUT2D eigenvalue weighted by atomic mass is 19.4. The number of aliphatic hydroxyl groups is 1. The minimum Gasteiger partial charge on any atom is -0.493 e. The minimum atomic E-state index is -5.04. The number of halogens is 3. The maximum absolute atomic E-state index is 13.9. The summed E-state index contributed by atoms with van der Waals surface area (Å²) in [4.78, 5) is 12.9. The summed E-state index contributed by atoms with van der Waals surface area (Å²) in [5, 5.41) is 14.8. The predicted octanol–water partition coefficient (Wildman–Crippen LogP) is 3.35. The number of nitrogens with zero attached hydrogens (tertiary/aromatic N) is 2. The van der Waals surface area contributed by atoms with E-state index in [0.29, 0.717) is 25.0 Å². The van der Waals surface area contributed by atoms with Crippen molar-refractivity contribution < 1.29 is 32.5 Å². The zero-order valence-electron chi connectivity index (χ0n) is 15.0. The quantitative estimate of drug-likeness (QED) is 0.865. The van der Waals surface area contributed by atoms with Crippen molar-refractivity contribution in [3.63, 3.8) is 0 Å². The van der Waals surface area contributed by atoms with E-state index in [4.69, 9.17) is 9.47 Å². The molecular formula is C18H21F3N2O4. The fourth-order valence-corrected chi connectivity index (χ4v) is 3.69. The Hall–Kier alpha value is -2.29. The molecule has 1 N–H and O–H groups in total. The topological polar surface area (TPSA) is 71.4 Å². The molecular weight excluding hydrogens is 365 g/mol.